The number of hydrogen-bond donors (Lipinski definition) is 0. The van der Waals surface area contributed by atoms with Crippen molar-refractivity contribution in [2.75, 3.05) is 0 Å². The van der Waals surface area contributed by atoms with Crippen molar-refractivity contribution in [3.8, 4) is 0 Å². The average molecular weight is 537 g/mol. The fourth-order valence-corrected chi connectivity index (χ4v) is 5.39. The molecule has 0 spiro atoms. The van der Waals surface area contributed by atoms with Crippen molar-refractivity contribution in [1.82, 2.24) is 0 Å². The van der Waals surface area contributed by atoms with Gasteiger partial charge >= 0.3 is 174 Å². The van der Waals surface area contributed by atoms with E-state index in [1.54, 1.807) is 0 Å². The summed E-state index contributed by atoms with van der Waals surface area (Å²) in [4.78, 5) is 0. The van der Waals surface area contributed by atoms with E-state index in [9.17, 15) is 0 Å². The molecule has 0 aliphatic rings. The molecule has 0 aliphatic heterocycles. The predicted octanol–water partition coefficient (Wildman–Crippen LogP) is 8.59. The van der Waals surface area contributed by atoms with E-state index in [0.717, 1.165) is 0 Å². The van der Waals surface area contributed by atoms with Crippen LogP contribution in [-0.4, -0.2) is 0 Å². The first-order valence-electron chi connectivity index (χ1n) is 10.0. The zero-order valence-electron chi connectivity index (χ0n) is 18.0. The zero-order chi connectivity index (χ0) is 20.1. The quantitative estimate of drug-likeness (QED) is 0.353. The van der Waals surface area contributed by atoms with E-state index in [4.69, 9.17) is 7.14 Å². The average Bonchev–Trinajstić information content (AvgIpc) is 2.61. The van der Waals surface area contributed by atoms with Crippen LogP contribution >= 0.6 is 0 Å². The zero-order valence-corrected chi connectivity index (χ0v) is 20.8. The Kier molecular flexibility index (Phi) is 7.95. The van der Waals surface area contributed by atoms with Crippen LogP contribution in [0.2, 0.25) is 0 Å². The maximum atomic E-state index is 5.13. The second-order valence-corrected chi connectivity index (χ2v) is 10.2. The van der Waals surface area contributed by atoms with E-state index in [-0.39, 0.29) is 0 Å². The van der Waals surface area contributed by atoms with E-state index in [1.807, 2.05) is 0 Å². The molecule has 27 heavy (non-hydrogen) atoms. The summed E-state index contributed by atoms with van der Waals surface area (Å²) in [6.07, 6.45) is 0. The molecule has 2 rings (SSSR count). The van der Waals surface area contributed by atoms with Crippen LogP contribution < -0.4 is 0 Å². The maximum absolute atomic E-state index is 5.13. The van der Waals surface area contributed by atoms with Crippen molar-refractivity contribution in [3.63, 3.8) is 0 Å². The second-order valence-electron chi connectivity index (χ2n) is 8.43. The van der Waals surface area contributed by atoms with Crippen LogP contribution in [0.5, 0.6) is 0 Å². The third-order valence-electron chi connectivity index (χ3n) is 4.93. The Morgan fingerprint density at radius 2 is 0.778 bits per heavy atom. The fraction of sp³-hybridized carbons (Fsp3) is 0.500. The van der Waals surface area contributed by atoms with Crippen LogP contribution in [0.15, 0.2) is 43.5 Å². The van der Waals surface area contributed by atoms with Crippen molar-refractivity contribution in [3.05, 3.63) is 58.7 Å². The van der Waals surface area contributed by atoms with Crippen molar-refractivity contribution in [1.29, 1.82) is 0 Å². The summed E-state index contributed by atoms with van der Waals surface area (Å²) in [5.74, 6) is 1.92. The topological polar surface area (TPSA) is 24.7 Å². The standard InChI is InChI=1S/2C12H17N.Re/c2*1-8(2)10-6-5-7-11(9(3)4)12(10)13;/h2*5-9H,1-4H3;. The summed E-state index contributed by atoms with van der Waals surface area (Å²) in [6.45, 7) is 18.0. The Balaban J connectivity index is 2.62. The molecule has 147 valence electrons. The van der Waals surface area contributed by atoms with Gasteiger partial charge in [0.1, 0.15) is 0 Å². The summed E-state index contributed by atoms with van der Waals surface area (Å²) >= 11 is -1.09. The van der Waals surface area contributed by atoms with Crippen molar-refractivity contribution >= 4 is 11.4 Å². The molecule has 0 saturated carbocycles. The Hall–Kier alpha value is -1.30. The van der Waals surface area contributed by atoms with Crippen molar-refractivity contribution in [2.45, 2.75) is 79.1 Å². The van der Waals surface area contributed by atoms with Gasteiger partial charge in [-0.15, -0.1) is 0 Å². The Labute approximate surface area is 173 Å². The summed E-state index contributed by atoms with van der Waals surface area (Å²) < 4.78 is 10.3. The van der Waals surface area contributed by atoms with Crippen LogP contribution in [0.1, 0.15) is 101 Å². The van der Waals surface area contributed by atoms with Gasteiger partial charge in [0.2, 0.25) is 0 Å². The molecule has 0 N–H and O–H groups in total. The first kappa shape index (κ1) is 22.0. The number of nitrogens with zero attached hydrogens (tertiary/aromatic N) is 2. The van der Waals surface area contributed by atoms with Gasteiger partial charge in [0.15, 0.2) is 0 Å². The number of rotatable bonds is 6. The van der Waals surface area contributed by atoms with Gasteiger partial charge in [-0.25, -0.2) is 0 Å². The third kappa shape index (κ3) is 5.37. The molecule has 2 nitrogen and oxygen atoms in total. The molecule has 0 heterocycles. The normalized spacial score (nSPS) is 11.6. The molecule has 2 aromatic carbocycles. The molecule has 0 bridgehead atoms. The van der Waals surface area contributed by atoms with Gasteiger partial charge in [0.05, 0.1) is 0 Å². The summed E-state index contributed by atoms with van der Waals surface area (Å²) in [6, 6.07) is 13.3. The van der Waals surface area contributed by atoms with E-state index >= 15 is 0 Å². The Bertz CT molecular complexity index is 721. The van der Waals surface area contributed by atoms with Gasteiger partial charge in [-0.1, -0.05) is 0 Å². The SMILES string of the molecule is CC(C)c1cccc(C(C)C)c1[N]=[Re]=[N]c1c(C(C)C)cccc1C(C)C. The monoisotopic (exact) mass is 537 g/mol. The summed E-state index contributed by atoms with van der Waals surface area (Å²) in [5, 5.41) is 0. The minimum atomic E-state index is -1.09. The van der Waals surface area contributed by atoms with E-state index in [0.29, 0.717) is 23.7 Å². The first-order valence-corrected chi connectivity index (χ1v) is 12.5. The molecule has 0 atom stereocenters. The molecule has 0 amide bonds. The number of hydrogen-bond acceptors (Lipinski definition) is 2. The third-order valence-corrected chi connectivity index (χ3v) is 6.69. The van der Waals surface area contributed by atoms with Crippen LogP contribution in [0.25, 0.3) is 0 Å². The van der Waals surface area contributed by atoms with Crippen LogP contribution in [-0.2, 0) is 17.6 Å². The second kappa shape index (κ2) is 9.76. The molecule has 0 radical (unpaired) electrons. The van der Waals surface area contributed by atoms with Gasteiger partial charge < -0.3 is 0 Å². The van der Waals surface area contributed by atoms with E-state index in [1.165, 1.54) is 33.6 Å². The van der Waals surface area contributed by atoms with Crippen LogP contribution in [0, 0.1) is 0 Å². The molecule has 2 aromatic rings. The Morgan fingerprint density at radius 1 is 0.519 bits per heavy atom. The molecule has 0 unspecified atom stereocenters. The molecule has 0 aliphatic carbocycles. The molecule has 0 fully saturated rings. The van der Waals surface area contributed by atoms with E-state index in [2.05, 4.69) is 91.8 Å². The summed E-state index contributed by atoms with van der Waals surface area (Å²) in [5.41, 5.74) is 7.83. The molecular formula is C24H34N2Re. The molecular weight excluding hydrogens is 502 g/mol. The van der Waals surface area contributed by atoms with Gasteiger partial charge in [-0.05, 0) is 0 Å². The molecule has 0 aromatic heterocycles. The Morgan fingerprint density at radius 3 is 1.00 bits per heavy atom. The van der Waals surface area contributed by atoms with E-state index < -0.39 is 17.6 Å². The summed E-state index contributed by atoms with van der Waals surface area (Å²) in [7, 11) is 0. The fourth-order valence-electron chi connectivity index (χ4n) is 3.31. The van der Waals surface area contributed by atoms with Gasteiger partial charge in [-0.3, -0.25) is 0 Å². The predicted molar refractivity (Wildman–Crippen MR) is 113 cm³/mol. The van der Waals surface area contributed by atoms with Gasteiger partial charge in [0.25, 0.3) is 0 Å². The number of benzene rings is 2. The van der Waals surface area contributed by atoms with Gasteiger partial charge in [0, 0.05) is 0 Å². The first-order chi connectivity index (χ1) is 12.7. The molecule has 0 saturated heterocycles. The van der Waals surface area contributed by atoms with Crippen LogP contribution in [0.4, 0.5) is 11.4 Å². The minimum absolute atomic E-state index is 0.480. The van der Waals surface area contributed by atoms with Gasteiger partial charge in [-0.2, -0.15) is 0 Å². The van der Waals surface area contributed by atoms with Crippen molar-refractivity contribution in [2.24, 2.45) is 7.14 Å². The van der Waals surface area contributed by atoms with Crippen molar-refractivity contribution < 1.29 is 17.6 Å². The molecule has 3 heteroatoms. The van der Waals surface area contributed by atoms with Crippen LogP contribution in [0.3, 0.4) is 0 Å².